The summed E-state index contributed by atoms with van der Waals surface area (Å²) >= 11 is 0. The van der Waals surface area contributed by atoms with Gasteiger partial charge in [0.1, 0.15) is 0 Å². The number of nitrogens with zero attached hydrogens (tertiary/aromatic N) is 2. The van der Waals surface area contributed by atoms with Crippen LogP contribution in [0.4, 0.5) is 0 Å². The summed E-state index contributed by atoms with van der Waals surface area (Å²) in [6, 6.07) is 1.92. The largest absolute Gasteiger partial charge is 0.382 e. The normalized spacial score (nSPS) is 10.9. The molecule has 0 unspecified atom stereocenters. The SMILES string of the molecule is COCCOCCOCCNCCn1cccn1. The summed E-state index contributed by atoms with van der Waals surface area (Å²) in [6.07, 6.45) is 3.74. The summed E-state index contributed by atoms with van der Waals surface area (Å²) in [5.41, 5.74) is 0. The van der Waals surface area contributed by atoms with Crippen molar-refractivity contribution in [1.29, 1.82) is 0 Å². The Balaban J connectivity index is 1.73. The summed E-state index contributed by atoms with van der Waals surface area (Å²) in [5, 5.41) is 7.41. The number of aromatic nitrogens is 2. The van der Waals surface area contributed by atoms with Gasteiger partial charge in [0, 0.05) is 32.6 Å². The minimum Gasteiger partial charge on any atom is -0.382 e. The van der Waals surface area contributed by atoms with Crippen LogP contribution in [0, 0.1) is 0 Å². The molecular weight excluding hydrogens is 234 g/mol. The third kappa shape index (κ3) is 8.19. The topological polar surface area (TPSA) is 57.5 Å². The van der Waals surface area contributed by atoms with Gasteiger partial charge in [0.2, 0.25) is 0 Å². The van der Waals surface area contributed by atoms with Crippen molar-refractivity contribution in [2.75, 3.05) is 53.2 Å². The van der Waals surface area contributed by atoms with Crippen molar-refractivity contribution < 1.29 is 14.2 Å². The summed E-state index contributed by atoms with van der Waals surface area (Å²) < 4.78 is 17.4. The molecule has 0 saturated carbocycles. The van der Waals surface area contributed by atoms with Crippen LogP contribution < -0.4 is 5.32 Å². The van der Waals surface area contributed by atoms with Gasteiger partial charge in [-0.25, -0.2) is 0 Å². The molecule has 104 valence electrons. The zero-order valence-corrected chi connectivity index (χ0v) is 11.0. The number of nitrogens with one attached hydrogen (secondary N) is 1. The fourth-order valence-corrected chi connectivity index (χ4v) is 1.36. The highest BCUT2D eigenvalue weighted by Gasteiger charge is 1.92. The first-order chi connectivity index (χ1) is 8.93. The van der Waals surface area contributed by atoms with Crippen molar-refractivity contribution >= 4 is 0 Å². The molecule has 0 aliphatic rings. The summed E-state index contributed by atoms with van der Waals surface area (Å²) in [6.45, 7) is 5.84. The first-order valence-corrected chi connectivity index (χ1v) is 6.26. The molecule has 0 amide bonds. The highest BCUT2D eigenvalue weighted by Crippen LogP contribution is 1.82. The molecule has 6 nitrogen and oxygen atoms in total. The van der Waals surface area contributed by atoms with Gasteiger partial charge in [0.05, 0.1) is 39.6 Å². The maximum absolute atomic E-state index is 5.40. The van der Waals surface area contributed by atoms with Crippen LogP contribution in [0.1, 0.15) is 0 Å². The van der Waals surface area contributed by atoms with Crippen molar-refractivity contribution in [3.63, 3.8) is 0 Å². The van der Waals surface area contributed by atoms with Crippen molar-refractivity contribution in [2.45, 2.75) is 6.54 Å². The van der Waals surface area contributed by atoms with Crippen LogP contribution in [0.15, 0.2) is 18.5 Å². The number of hydrogen-bond acceptors (Lipinski definition) is 5. The number of ether oxygens (including phenoxy) is 3. The first-order valence-electron chi connectivity index (χ1n) is 6.26. The molecule has 1 aromatic rings. The second-order valence-corrected chi connectivity index (χ2v) is 3.74. The van der Waals surface area contributed by atoms with Crippen LogP contribution >= 0.6 is 0 Å². The molecule has 0 saturated heterocycles. The van der Waals surface area contributed by atoms with Crippen LogP contribution in [0.3, 0.4) is 0 Å². The Morgan fingerprint density at radius 2 is 1.83 bits per heavy atom. The molecule has 0 aliphatic heterocycles. The molecule has 0 bridgehead atoms. The van der Waals surface area contributed by atoms with Crippen molar-refractivity contribution in [3.8, 4) is 0 Å². The molecule has 6 heteroatoms. The Kier molecular flexibility index (Phi) is 9.37. The van der Waals surface area contributed by atoms with Gasteiger partial charge in [-0.2, -0.15) is 5.10 Å². The van der Waals surface area contributed by atoms with E-state index in [0.29, 0.717) is 33.0 Å². The molecule has 0 aromatic carbocycles. The van der Waals surface area contributed by atoms with E-state index in [9.17, 15) is 0 Å². The van der Waals surface area contributed by atoms with E-state index >= 15 is 0 Å². The molecule has 1 aromatic heterocycles. The fourth-order valence-electron chi connectivity index (χ4n) is 1.36. The van der Waals surface area contributed by atoms with Crippen molar-refractivity contribution in [3.05, 3.63) is 18.5 Å². The monoisotopic (exact) mass is 257 g/mol. The summed E-state index contributed by atoms with van der Waals surface area (Å²) in [7, 11) is 1.66. The van der Waals surface area contributed by atoms with Gasteiger partial charge in [-0.05, 0) is 6.07 Å². The molecule has 1 heterocycles. The molecule has 0 radical (unpaired) electrons. The van der Waals surface area contributed by atoms with E-state index in [2.05, 4.69) is 10.4 Å². The highest BCUT2D eigenvalue weighted by molar-refractivity contribution is 4.77. The predicted octanol–water partition coefficient (Wildman–Crippen LogP) is 0.152. The lowest BCUT2D eigenvalue weighted by Crippen LogP contribution is -2.24. The van der Waals surface area contributed by atoms with Crippen LogP contribution in [-0.2, 0) is 20.8 Å². The van der Waals surface area contributed by atoms with Crippen LogP contribution in [0.2, 0.25) is 0 Å². The van der Waals surface area contributed by atoms with E-state index in [1.165, 1.54) is 0 Å². The van der Waals surface area contributed by atoms with Gasteiger partial charge in [-0.3, -0.25) is 4.68 Å². The van der Waals surface area contributed by atoms with E-state index in [4.69, 9.17) is 14.2 Å². The van der Waals surface area contributed by atoms with E-state index in [1.807, 2.05) is 16.9 Å². The number of rotatable bonds is 12. The lowest BCUT2D eigenvalue weighted by Gasteiger charge is -2.07. The number of methoxy groups -OCH3 is 1. The average Bonchev–Trinajstić information content (AvgIpc) is 2.89. The van der Waals surface area contributed by atoms with Gasteiger partial charge in [0.25, 0.3) is 0 Å². The standard InChI is InChI=1S/C12H23N3O3/c1-16-9-10-18-12-11-17-8-5-13-4-7-15-6-2-3-14-15/h2-3,6,13H,4-5,7-12H2,1H3. The summed E-state index contributed by atoms with van der Waals surface area (Å²) in [4.78, 5) is 0. The second kappa shape index (κ2) is 11.2. The Morgan fingerprint density at radius 3 is 2.56 bits per heavy atom. The Morgan fingerprint density at radius 1 is 1.06 bits per heavy atom. The van der Waals surface area contributed by atoms with E-state index in [-0.39, 0.29) is 0 Å². The molecule has 18 heavy (non-hydrogen) atoms. The quantitative estimate of drug-likeness (QED) is 0.540. The van der Waals surface area contributed by atoms with Gasteiger partial charge in [-0.1, -0.05) is 0 Å². The van der Waals surface area contributed by atoms with E-state index in [1.54, 1.807) is 13.3 Å². The minimum atomic E-state index is 0.622. The smallest absolute Gasteiger partial charge is 0.0701 e. The molecule has 0 spiro atoms. The molecule has 0 aliphatic carbocycles. The Labute approximate surface area is 108 Å². The van der Waals surface area contributed by atoms with Crippen LogP contribution in [0.25, 0.3) is 0 Å². The third-order valence-electron chi connectivity index (χ3n) is 2.30. The lowest BCUT2D eigenvalue weighted by molar-refractivity contribution is 0.0256. The van der Waals surface area contributed by atoms with Crippen molar-refractivity contribution in [1.82, 2.24) is 15.1 Å². The molecule has 0 atom stereocenters. The summed E-state index contributed by atoms with van der Waals surface area (Å²) in [5.74, 6) is 0. The van der Waals surface area contributed by atoms with Crippen molar-refractivity contribution in [2.24, 2.45) is 0 Å². The lowest BCUT2D eigenvalue weighted by atomic mass is 10.5. The van der Waals surface area contributed by atoms with E-state index in [0.717, 1.165) is 19.6 Å². The van der Waals surface area contributed by atoms with Crippen LogP contribution in [-0.4, -0.2) is 63.0 Å². The van der Waals surface area contributed by atoms with Gasteiger partial charge >= 0.3 is 0 Å². The van der Waals surface area contributed by atoms with Gasteiger partial charge in [-0.15, -0.1) is 0 Å². The Hall–Kier alpha value is -0.950. The molecule has 1 N–H and O–H groups in total. The van der Waals surface area contributed by atoms with Gasteiger partial charge < -0.3 is 19.5 Å². The van der Waals surface area contributed by atoms with Gasteiger partial charge in [0.15, 0.2) is 0 Å². The Bertz CT molecular complexity index is 268. The molecular formula is C12H23N3O3. The highest BCUT2D eigenvalue weighted by atomic mass is 16.5. The van der Waals surface area contributed by atoms with Crippen LogP contribution in [0.5, 0.6) is 0 Å². The van der Waals surface area contributed by atoms with E-state index < -0.39 is 0 Å². The fraction of sp³-hybridized carbons (Fsp3) is 0.750. The zero-order valence-electron chi connectivity index (χ0n) is 11.0. The average molecular weight is 257 g/mol. The maximum Gasteiger partial charge on any atom is 0.0701 e. The molecule has 0 fully saturated rings. The first kappa shape index (κ1) is 15.1. The second-order valence-electron chi connectivity index (χ2n) is 3.74. The zero-order chi connectivity index (χ0) is 12.9. The molecule has 1 rings (SSSR count). The third-order valence-corrected chi connectivity index (χ3v) is 2.30. The maximum atomic E-state index is 5.40. The number of hydrogen-bond donors (Lipinski definition) is 1. The predicted molar refractivity (Wildman–Crippen MR) is 68.6 cm³/mol. The minimum absolute atomic E-state index is 0.622.